The highest BCUT2D eigenvalue weighted by molar-refractivity contribution is 6.07. The molecule has 1 aliphatic heterocycles. The minimum Gasteiger partial charge on any atom is -0.350 e. The number of carbonyl (C=O) groups excluding carboxylic acids is 3. The summed E-state index contributed by atoms with van der Waals surface area (Å²) in [5, 5.41) is 7.64. The van der Waals surface area contributed by atoms with Gasteiger partial charge in [0.1, 0.15) is 6.54 Å². The summed E-state index contributed by atoms with van der Waals surface area (Å²) in [4.78, 5) is 39.2. The normalized spacial score (nSPS) is 20.1. The molecule has 2 aliphatic rings. The summed E-state index contributed by atoms with van der Waals surface area (Å²) < 4.78 is 1.79. The van der Waals surface area contributed by atoms with Crippen LogP contribution in [0.3, 0.4) is 0 Å². The SMILES string of the molecule is O=C(CN1C(=O)[C@H]2CCCC[C@@H]2C1=O)NCc1cn(-c2ccccc2)nc1-c1ccccc1. The van der Waals surface area contributed by atoms with Crippen LogP contribution < -0.4 is 5.32 Å². The number of nitrogens with zero attached hydrogens (tertiary/aromatic N) is 3. The largest absolute Gasteiger partial charge is 0.350 e. The summed E-state index contributed by atoms with van der Waals surface area (Å²) in [6.07, 6.45) is 5.32. The van der Waals surface area contributed by atoms with Crippen LogP contribution in [0, 0.1) is 11.8 Å². The number of likely N-dealkylation sites (tertiary alicyclic amines) is 1. The number of para-hydroxylation sites is 1. The molecule has 1 saturated carbocycles. The summed E-state index contributed by atoms with van der Waals surface area (Å²) in [7, 11) is 0. The number of imide groups is 1. The number of hydrogen-bond donors (Lipinski definition) is 1. The minimum absolute atomic E-state index is 0.193. The molecule has 1 N–H and O–H groups in total. The van der Waals surface area contributed by atoms with Crippen molar-refractivity contribution < 1.29 is 14.4 Å². The number of amides is 3. The molecule has 3 aromatic rings. The minimum atomic E-state index is -0.346. The first-order valence-corrected chi connectivity index (χ1v) is 11.4. The summed E-state index contributed by atoms with van der Waals surface area (Å²) in [6, 6.07) is 19.6. The van der Waals surface area contributed by atoms with E-state index in [4.69, 9.17) is 5.10 Å². The molecule has 33 heavy (non-hydrogen) atoms. The molecule has 0 radical (unpaired) electrons. The highest BCUT2D eigenvalue weighted by Crippen LogP contribution is 2.37. The van der Waals surface area contributed by atoms with Crippen molar-refractivity contribution in [1.82, 2.24) is 20.0 Å². The lowest BCUT2D eigenvalue weighted by Gasteiger charge is -2.19. The lowest BCUT2D eigenvalue weighted by molar-refractivity contribution is -0.143. The Kier molecular flexibility index (Phi) is 5.77. The lowest BCUT2D eigenvalue weighted by atomic mass is 9.81. The summed E-state index contributed by atoms with van der Waals surface area (Å²) in [6.45, 7) is 0.0249. The first kappa shape index (κ1) is 21.1. The van der Waals surface area contributed by atoms with Gasteiger partial charge in [0, 0.05) is 23.9 Å². The van der Waals surface area contributed by atoms with Crippen LogP contribution in [-0.2, 0) is 20.9 Å². The van der Waals surface area contributed by atoms with Gasteiger partial charge >= 0.3 is 0 Å². The molecule has 1 aliphatic carbocycles. The van der Waals surface area contributed by atoms with Gasteiger partial charge in [-0.25, -0.2) is 4.68 Å². The van der Waals surface area contributed by atoms with Gasteiger partial charge in [-0.1, -0.05) is 61.4 Å². The topological polar surface area (TPSA) is 84.3 Å². The standard InChI is InChI=1S/C26H26N4O3/c31-23(17-29-25(32)21-13-7-8-14-22(21)26(29)33)27-15-19-16-30(20-11-5-2-6-12-20)28-24(19)18-9-3-1-4-10-18/h1-6,9-12,16,21-22H,7-8,13-15,17H2,(H,27,31)/t21-,22-/m0/s1. The molecule has 2 heterocycles. The molecule has 2 fully saturated rings. The molecule has 1 saturated heterocycles. The molecule has 3 amide bonds. The first-order valence-electron chi connectivity index (χ1n) is 11.4. The summed E-state index contributed by atoms with van der Waals surface area (Å²) in [5.74, 6) is -1.22. The molecular weight excluding hydrogens is 416 g/mol. The predicted octanol–water partition coefficient (Wildman–Crippen LogP) is 3.33. The van der Waals surface area contributed by atoms with E-state index in [-0.39, 0.29) is 42.6 Å². The molecule has 2 aromatic carbocycles. The lowest BCUT2D eigenvalue weighted by Crippen LogP contribution is -2.40. The number of rotatable bonds is 6. The number of nitrogens with one attached hydrogen (secondary N) is 1. The van der Waals surface area contributed by atoms with E-state index in [1.54, 1.807) is 4.68 Å². The van der Waals surface area contributed by atoms with Crippen molar-refractivity contribution in [1.29, 1.82) is 0 Å². The van der Waals surface area contributed by atoms with Crippen LogP contribution in [0.4, 0.5) is 0 Å². The third-order valence-electron chi connectivity index (χ3n) is 6.57. The zero-order valence-electron chi connectivity index (χ0n) is 18.3. The Labute approximate surface area is 192 Å². The van der Waals surface area contributed by atoms with Gasteiger partial charge in [-0.15, -0.1) is 0 Å². The van der Waals surface area contributed by atoms with Crippen molar-refractivity contribution in [2.45, 2.75) is 32.2 Å². The molecule has 2 atom stereocenters. The van der Waals surface area contributed by atoms with Crippen LogP contribution in [-0.4, -0.2) is 38.9 Å². The molecule has 7 heteroatoms. The van der Waals surface area contributed by atoms with Gasteiger partial charge in [0.2, 0.25) is 17.7 Å². The van der Waals surface area contributed by atoms with Crippen LogP contribution in [0.2, 0.25) is 0 Å². The molecule has 0 bridgehead atoms. The molecule has 5 rings (SSSR count). The zero-order chi connectivity index (χ0) is 22.8. The first-order chi connectivity index (χ1) is 16.1. The van der Waals surface area contributed by atoms with Crippen LogP contribution in [0.5, 0.6) is 0 Å². The van der Waals surface area contributed by atoms with Gasteiger partial charge in [-0.3, -0.25) is 19.3 Å². The monoisotopic (exact) mass is 442 g/mol. The van der Waals surface area contributed by atoms with Crippen molar-refractivity contribution in [3.05, 3.63) is 72.4 Å². The Morgan fingerprint density at radius 3 is 2.15 bits per heavy atom. The maximum atomic E-state index is 12.7. The van der Waals surface area contributed by atoms with Crippen LogP contribution in [0.25, 0.3) is 16.9 Å². The average molecular weight is 443 g/mol. The number of aromatic nitrogens is 2. The second-order valence-corrected chi connectivity index (χ2v) is 8.69. The fourth-order valence-electron chi connectivity index (χ4n) is 4.87. The van der Waals surface area contributed by atoms with Gasteiger partial charge < -0.3 is 5.32 Å². The van der Waals surface area contributed by atoms with E-state index in [2.05, 4.69) is 5.32 Å². The highest BCUT2D eigenvalue weighted by atomic mass is 16.2. The van der Waals surface area contributed by atoms with Crippen molar-refractivity contribution in [3.63, 3.8) is 0 Å². The van der Waals surface area contributed by atoms with E-state index in [1.165, 1.54) is 0 Å². The Balaban J connectivity index is 1.32. The number of benzene rings is 2. The van der Waals surface area contributed by atoms with Crippen LogP contribution in [0.15, 0.2) is 66.9 Å². The van der Waals surface area contributed by atoms with Gasteiger partial charge in [-0.05, 0) is 25.0 Å². The molecule has 0 unspecified atom stereocenters. The van der Waals surface area contributed by atoms with E-state index in [0.717, 1.165) is 53.1 Å². The van der Waals surface area contributed by atoms with Gasteiger partial charge in [0.25, 0.3) is 0 Å². The van der Waals surface area contributed by atoms with Gasteiger partial charge in [0.05, 0.1) is 23.2 Å². The maximum Gasteiger partial charge on any atom is 0.240 e. The molecule has 168 valence electrons. The van der Waals surface area contributed by atoms with Crippen LogP contribution >= 0.6 is 0 Å². The summed E-state index contributed by atoms with van der Waals surface area (Å²) in [5.41, 5.74) is 3.50. The molecule has 0 spiro atoms. The fraction of sp³-hybridized carbons (Fsp3) is 0.308. The van der Waals surface area contributed by atoms with Gasteiger partial charge in [0.15, 0.2) is 0 Å². The number of fused-ring (bicyclic) bond motifs is 1. The maximum absolute atomic E-state index is 12.7. The molecule has 1 aromatic heterocycles. The third kappa shape index (κ3) is 4.18. The third-order valence-corrected chi connectivity index (χ3v) is 6.57. The van der Waals surface area contributed by atoms with E-state index in [1.807, 2.05) is 66.9 Å². The Morgan fingerprint density at radius 2 is 1.52 bits per heavy atom. The smallest absolute Gasteiger partial charge is 0.240 e. The number of carbonyl (C=O) groups is 3. The average Bonchev–Trinajstić information content (AvgIpc) is 3.40. The Hall–Kier alpha value is -3.74. The van der Waals surface area contributed by atoms with Crippen molar-refractivity contribution >= 4 is 17.7 Å². The highest BCUT2D eigenvalue weighted by Gasteiger charge is 2.48. The Morgan fingerprint density at radius 1 is 0.909 bits per heavy atom. The number of hydrogen-bond acceptors (Lipinski definition) is 4. The van der Waals surface area contributed by atoms with Gasteiger partial charge in [-0.2, -0.15) is 5.10 Å². The predicted molar refractivity (Wildman–Crippen MR) is 123 cm³/mol. The van der Waals surface area contributed by atoms with Crippen molar-refractivity contribution in [2.24, 2.45) is 11.8 Å². The van der Waals surface area contributed by atoms with Crippen molar-refractivity contribution in [3.8, 4) is 16.9 Å². The fourth-order valence-corrected chi connectivity index (χ4v) is 4.87. The summed E-state index contributed by atoms with van der Waals surface area (Å²) >= 11 is 0. The van der Waals surface area contributed by atoms with E-state index in [0.29, 0.717) is 0 Å². The second-order valence-electron chi connectivity index (χ2n) is 8.69. The quantitative estimate of drug-likeness (QED) is 0.594. The molecular formula is C26H26N4O3. The zero-order valence-corrected chi connectivity index (χ0v) is 18.3. The van der Waals surface area contributed by atoms with E-state index in [9.17, 15) is 14.4 Å². The van der Waals surface area contributed by atoms with Crippen LogP contribution in [0.1, 0.15) is 31.2 Å². The van der Waals surface area contributed by atoms with Crippen molar-refractivity contribution in [2.75, 3.05) is 6.54 Å². The Bertz CT molecular complexity index is 1150. The molecule has 7 nitrogen and oxygen atoms in total. The van der Waals surface area contributed by atoms with E-state index >= 15 is 0 Å². The van der Waals surface area contributed by atoms with E-state index < -0.39 is 0 Å². The second kappa shape index (κ2) is 9.02.